The van der Waals surface area contributed by atoms with Crippen molar-refractivity contribution < 1.29 is 4.79 Å². The van der Waals surface area contributed by atoms with Gasteiger partial charge in [0.25, 0.3) is 5.91 Å². The van der Waals surface area contributed by atoms with Gasteiger partial charge in [-0.2, -0.15) is 0 Å². The molecule has 31 heavy (non-hydrogen) atoms. The molecule has 0 aliphatic rings. The van der Waals surface area contributed by atoms with Crippen molar-refractivity contribution >= 4 is 16.9 Å². The van der Waals surface area contributed by atoms with E-state index in [-0.39, 0.29) is 5.91 Å². The summed E-state index contributed by atoms with van der Waals surface area (Å²) >= 11 is 0. The summed E-state index contributed by atoms with van der Waals surface area (Å²) in [7, 11) is 0. The highest BCUT2D eigenvalue weighted by atomic mass is 16.1. The number of nitrogens with zero attached hydrogens (tertiary/aromatic N) is 3. The summed E-state index contributed by atoms with van der Waals surface area (Å²) in [4.78, 5) is 21.1. The summed E-state index contributed by atoms with van der Waals surface area (Å²) in [5, 5.41) is 2.98. The molecule has 2 aromatic carbocycles. The fourth-order valence-corrected chi connectivity index (χ4v) is 4.16. The van der Waals surface area contributed by atoms with Gasteiger partial charge in [0, 0.05) is 31.9 Å². The molecule has 158 valence electrons. The summed E-state index contributed by atoms with van der Waals surface area (Å²) in [5.74, 6) is 0.962. The van der Waals surface area contributed by atoms with Gasteiger partial charge in [-0.15, -0.1) is 0 Å². The molecule has 2 heterocycles. The third kappa shape index (κ3) is 4.66. The van der Waals surface area contributed by atoms with Gasteiger partial charge >= 0.3 is 0 Å². The lowest BCUT2D eigenvalue weighted by Gasteiger charge is -2.15. The molecule has 0 radical (unpaired) electrons. The van der Waals surface area contributed by atoms with Gasteiger partial charge in [0.15, 0.2) is 0 Å². The molecule has 0 saturated carbocycles. The molecule has 0 fully saturated rings. The molecule has 0 atom stereocenters. The second-order valence-electron chi connectivity index (χ2n) is 8.08. The van der Waals surface area contributed by atoms with E-state index in [9.17, 15) is 4.79 Å². The summed E-state index contributed by atoms with van der Waals surface area (Å²) < 4.78 is 2.32. The number of aromatic nitrogens is 3. The van der Waals surface area contributed by atoms with Gasteiger partial charge in [-0.3, -0.25) is 9.78 Å². The molecule has 2 aromatic heterocycles. The predicted octanol–water partition coefficient (Wildman–Crippen LogP) is 4.77. The maximum Gasteiger partial charge on any atom is 0.252 e. The summed E-state index contributed by atoms with van der Waals surface area (Å²) in [6.07, 6.45) is 4.87. The van der Waals surface area contributed by atoms with Crippen molar-refractivity contribution in [2.75, 3.05) is 6.54 Å². The van der Waals surface area contributed by atoms with Gasteiger partial charge < -0.3 is 9.88 Å². The van der Waals surface area contributed by atoms with E-state index < -0.39 is 0 Å². The molecule has 4 rings (SSSR count). The zero-order chi connectivity index (χ0) is 21.8. The fraction of sp³-hybridized carbons (Fsp3) is 0.269. The Morgan fingerprint density at radius 3 is 2.55 bits per heavy atom. The van der Waals surface area contributed by atoms with Gasteiger partial charge in [0.05, 0.1) is 16.6 Å². The summed E-state index contributed by atoms with van der Waals surface area (Å²) in [6.45, 7) is 7.90. The predicted molar refractivity (Wildman–Crippen MR) is 124 cm³/mol. The van der Waals surface area contributed by atoms with E-state index in [1.807, 2.05) is 6.07 Å². The number of nitrogens with one attached hydrogen (secondary N) is 1. The number of pyridine rings is 1. The van der Waals surface area contributed by atoms with E-state index in [4.69, 9.17) is 4.98 Å². The van der Waals surface area contributed by atoms with Crippen LogP contribution in [-0.4, -0.2) is 27.0 Å². The van der Waals surface area contributed by atoms with Crippen LogP contribution in [0.4, 0.5) is 0 Å². The number of amides is 1. The first-order chi connectivity index (χ1) is 15.0. The van der Waals surface area contributed by atoms with Crippen LogP contribution in [0.1, 0.15) is 44.9 Å². The number of hydrogen-bond acceptors (Lipinski definition) is 3. The van der Waals surface area contributed by atoms with Gasteiger partial charge in [0.2, 0.25) is 0 Å². The number of fused-ring (bicyclic) bond motifs is 1. The highest BCUT2D eigenvalue weighted by molar-refractivity contribution is 5.93. The molecule has 0 saturated heterocycles. The Balaban J connectivity index is 1.51. The van der Waals surface area contributed by atoms with Crippen LogP contribution in [0.15, 0.2) is 60.9 Å². The van der Waals surface area contributed by atoms with Crippen molar-refractivity contribution in [1.82, 2.24) is 19.9 Å². The van der Waals surface area contributed by atoms with E-state index in [1.165, 1.54) is 22.3 Å². The van der Waals surface area contributed by atoms with Crippen LogP contribution in [0, 0.1) is 20.8 Å². The van der Waals surface area contributed by atoms with Gasteiger partial charge in [0.1, 0.15) is 5.82 Å². The van der Waals surface area contributed by atoms with Crippen LogP contribution in [0.25, 0.3) is 11.0 Å². The normalized spacial score (nSPS) is 11.1. The number of para-hydroxylation sites is 2. The zero-order valence-corrected chi connectivity index (χ0v) is 18.4. The van der Waals surface area contributed by atoms with Crippen molar-refractivity contribution in [1.29, 1.82) is 0 Å². The Hall–Kier alpha value is -3.47. The molecule has 4 aromatic rings. The molecular weight excluding hydrogens is 384 g/mol. The number of benzene rings is 2. The monoisotopic (exact) mass is 412 g/mol. The third-order valence-electron chi connectivity index (χ3n) is 5.68. The first-order valence-corrected chi connectivity index (χ1v) is 10.7. The molecular formula is C26H28N4O. The minimum Gasteiger partial charge on any atom is -0.352 e. The second-order valence-corrected chi connectivity index (χ2v) is 8.08. The molecule has 5 heteroatoms. The van der Waals surface area contributed by atoms with Crippen LogP contribution in [-0.2, 0) is 13.0 Å². The Morgan fingerprint density at radius 2 is 1.81 bits per heavy atom. The van der Waals surface area contributed by atoms with E-state index >= 15 is 0 Å². The average Bonchev–Trinajstić information content (AvgIpc) is 3.11. The third-order valence-corrected chi connectivity index (χ3v) is 5.68. The Kier molecular flexibility index (Phi) is 6.12. The van der Waals surface area contributed by atoms with Crippen LogP contribution in [0.3, 0.4) is 0 Å². The van der Waals surface area contributed by atoms with E-state index in [2.05, 4.69) is 66.0 Å². The second kappa shape index (κ2) is 9.13. The van der Waals surface area contributed by atoms with E-state index in [1.54, 1.807) is 24.5 Å². The molecule has 0 spiro atoms. The Bertz CT molecular complexity index is 1190. The number of hydrogen-bond donors (Lipinski definition) is 1. The lowest BCUT2D eigenvalue weighted by Crippen LogP contribution is -2.25. The zero-order valence-electron chi connectivity index (χ0n) is 18.4. The maximum absolute atomic E-state index is 12.2. The van der Waals surface area contributed by atoms with Gasteiger partial charge in [-0.05, 0) is 68.1 Å². The molecule has 0 aliphatic carbocycles. The van der Waals surface area contributed by atoms with Crippen LogP contribution in [0.2, 0.25) is 0 Å². The summed E-state index contributed by atoms with van der Waals surface area (Å²) in [6, 6.07) is 16.3. The van der Waals surface area contributed by atoms with Crippen LogP contribution >= 0.6 is 0 Å². The number of carbonyl (C=O) groups excluding carboxylic acids is 1. The van der Waals surface area contributed by atoms with E-state index in [0.29, 0.717) is 12.1 Å². The highest BCUT2D eigenvalue weighted by Gasteiger charge is 2.13. The van der Waals surface area contributed by atoms with E-state index in [0.717, 1.165) is 36.2 Å². The minimum atomic E-state index is -0.0903. The number of imidazole rings is 1. The van der Waals surface area contributed by atoms with Crippen molar-refractivity contribution in [2.45, 2.75) is 40.2 Å². The number of aryl methyl sites for hydroxylation is 4. The SMILES string of the molecule is Cc1cc(C)c(Cn2c(CCCNC(=O)c3cccnc3)nc3ccccc32)c(C)c1. The first-order valence-electron chi connectivity index (χ1n) is 10.7. The molecule has 0 aliphatic heterocycles. The van der Waals surface area contributed by atoms with Gasteiger partial charge in [-0.25, -0.2) is 4.98 Å². The lowest BCUT2D eigenvalue weighted by molar-refractivity contribution is 0.0953. The smallest absolute Gasteiger partial charge is 0.252 e. The average molecular weight is 413 g/mol. The Morgan fingerprint density at radius 1 is 1.03 bits per heavy atom. The lowest BCUT2D eigenvalue weighted by atomic mass is 9.99. The fourth-order valence-electron chi connectivity index (χ4n) is 4.16. The topological polar surface area (TPSA) is 59.8 Å². The quantitative estimate of drug-likeness (QED) is 0.445. The largest absolute Gasteiger partial charge is 0.352 e. The van der Waals surface area contributed by atoms with Crippen LogP contribution < -0.4 is 5.32 Å². The molecule has 0 bridgehead atoms. The first kappa shape index (κ1) is 20.8. The minimum absolute atomic E-state index is 0.0903. The van der Waals surface area contributed by atoms with Crippen LogP contribution in [0.5, 0.6) is 0 Å². The maximum atomic E-state index is 12.2. The standard InChI is InChI=1S/C26H28N4O/c1-18-14-19(2)22(20(3)15-18)17-30-24-10-5-4-9-23(24)29-25(30)11-7-13-28-26(31)21-8-6-12-27-16-21/h4-6,8-10,12,14-16H,7,11,13,17H2,1-3H3,(H,28,31). The van der Waals surface area contributed by atoms with Crippen molar-refractivity contribution in [3.05, 3.63) is 94.6 Å². The number of rotatable bonds is 7. The van der Waals surface area contributed by atoms with Crippen molar-refractivity contribution in [3.8, 4) is 0 Å². The molecule has 0 unspecified atom stereocenters. The highest BCUT2D eigenvalue weighted by Crippen LogP contribution is 2.23. The Labute approximate surface area is 183 Å². The number of carbonyl (C=O) groups is 1. The molecule has 1 N–H and O–H groups in total. The van der Waals surface area contributed by atoms with Gasteiger partial charge in [-0.1, -0.05) is 29.8 Å². The summed E-state index contributed by atoms with van der Waals surface area (Å²) in [5.41, 5.74) is 8.00. The van der Waals surface area contributed by atoms with Crippen molar-refractivity contribution in [3.63, 3.8) is 0 Å². The molecule has 1 amide bonds. The molecule has 5 nitrogen and oxygen atoms in total. The van der Waals surface area contributed by atoms with Crippen molar-refractivity contribution in [2.24, 2.45) is 0 Å².